The lowest BCUT2D eigenvalue weighted by Gasteiger charge is -2.02. The molecule has 1 N–H and O–H groups in total. The third-order valence-corrected chi connectivity index (χ3v) is 2.86. The second-order valence-electron chi connectivity index (χ2n) is 4.12. The summed E-state index contributed by atoms with van der Waals surface area (Å²) in [6.45, 7) is 6.03. The molecule has 2 aromatic rings. The van der Waals surface area contributed by atoms with Crippen LogP contribution in [-0.4, -0.2) is 23.3 Å². The van der Waals surface area contributed by atoms with Gasteiger partial charge in [-0.1, -0.05) is 32.0 Å². The minimum absolute atomic E-state index is 0.624. The monoisotopic (exact) mass is 245 g/mol. The number of aryl methyl sites for hydroxylation is 1. The van der Waals surface area contributed by atoms with Gasteiger partial charge < -0.3 is 9.73 Å². The van der Waals surface area contributed by atoms with Crippen LogP contribution in [0.2, 0.25) is 0 Å². The van der Waals surface area contributed by atoms with E-state index in [-0.39, 0.29) is 0 Å². The van der Waals surface area contributed by atoms with Crippen molar-refractivity contribution >= 4 is 0 Å². The number of aromatic nitrogens is 2. The molecular formula is C14H19N3O. The van der Waals surface area contributed by atoms with Gasteiger partial charge in [0.2, 0.25) is 11.8 Å². The SMILES string of the molecule is CCNCCc1nnc(-c2ccccc2CC)o1. The lowest BCUT2D eigenvalue weighted by atomic mass is 10.1. The Balaban J connectivity index is 2.13. The normalized spacial score (nSPS) is 10.8. The minimum Gasteiger partial charge on any atom is -0.421 e. The molecule has 0 bridgehead atoms. The molecule has 0 atom stereocenters. The molecule has 4 heteroatoms. The summed E-state index contributed by atoms with van der Waals surface area (Å²) in [7, 11) is 0. The number of benzene rings is 1. The molecule has 2 rings (SSSR count). The van der Waals surface area contributed by atoms with Crippen molar-refractivity contribution < 1.29 is 4.42 Å². The van der Waals surface area contributed by atoms with E-state index in [0.717, 1.165) is 31.5 Å². The quantitative estimate of drug-likeness (QED) is 0.794. The van der Waals surface area contributed by atoms with Crippen molar-refractivity contribution in [2.24, 2.45) is 0 Å². The van der Waals surface area contributed by atoms with E-state index in [9.17, 15) is 0 Å². The van der Waals surface area contributed by atoms with Crippen LogP contribution in [0.15, 0.2) is 28.7 Å². The summed E-state index contributed by atoms with van der Waals surface area (Å²) in [4.78, 5) is 0. The van der Waals surface area contributed by atoms with Gasteiger partial charge >= 0.3 is 0 Å². The smallest absolute Gasteiger partial charge is 0.248 e. The van der Waals surface area contributed by atoms with Gasteiger partial charge in [-0.3, -0.25) is 0 Å². The molecule has 4 nitrogen and oxygen atoms in total. The van der Waals surface area contributed by atoms with E-state index in [0.29, 0.717) is 11.8 Å². The highest BCUT2D eigenvalue weighted by Gasteiger charge is 2.10. The fourth-order valence-corrected chi connectivity index (χ4v) is 1.87. The molecule has 0 saturated carbocycles. The standard InChI is InChI=1S/C14H19N3O/c1-3-11-7-5-6-8-12(11)14-17-16-13(18-14)9-10-15-4-2/h5-8,15H,3-4,9-10H2,1-2H3. The Bertz CT molecular complexity index is 493. The van der Waals surface area contributed by atoms with Gasteiger partial charge in [-0.15, -0.1) is 10.2 Å². The highest BCUT2D eigenvalue weighted by molar-refractivity contribution is 5.58. The average molecular weight is 245 g/mol. The van der Waals surface area contributed by atoms with Crippen LogP contribution >= 0.6 is 0 Å². The van der Waals surface area contributed by atoms with Crippen LogP contribution in [0.4, 0.5) is 0 Å². The summed E-state index contributed by atoms with van der Waals surface area (Å²) in [5.41, 5.74) is 2.28. The topological polar surface area (TPSA) is 51.0 Å². The fourth-order valence-electron chi connectivity index (χ4n) is 1.87. The summed E-state index contributed by atoms with van der Waals surface area (Å²) >= 11 is 0. The highest BCUT2D eigenvalue weighted by atomic mass is 16.4. The second kappa shape index (κ2) is 6.31. The van der Waals surface area contributed by atoms with Crippen LogP contribution in [0, 0.1) is 0 Å². The van der Waals surface area contributed by atoms with E-state index in [1.54, 1.807) is 0 Å². The van der Waals surface area contributed by atoms with E-state index in [2.05, 4.69) is 35.4 Å². The number of hydrogen-bond donors (Lipinski definition) is 1. The highest BCUT2D eigenvalue weighted by Crippen LogP contribution is 2.22. The molecule has 1 aromatic heterocycles. The molecule has 0 saturated heterocycles. The number of rotatable bonds is 6. The summed E-state index contributed by atoms with van der Waals surface area (Å²) in [5, 5.41) is 11.5. The summed E-state index contributed by atoms with van der Waals surface area (Å²) in [6, 6.07) is 8.15. The molecule has 0 aliphatic rings. The molecule has 0 aliphatic carbocycles. The number of hydrogen-bond acceptors (Lipinski definition) is 4. The average Bonchev–Trinajstić information content (AvgIpc) is 2.88. The molecule has 96 valence electrons. The predicted molar refractivity (Wildman–Crippen MR) is 71.4 cm³/mol. The molecule has 0 spiro atoms. The van der Waals surface area contributed by atoms with Crippen molar-refractivity contribution in [3.8, 4) is 11.5 Å². The van der Waals surface area contributed by atoms with Crippen molar-refractivity contribution in [3.05, 3.63) is 35.7 Å². The first-order valence-electron chi connectivity index (χ1n) is 6.46. The van der Waals surface area contributed by atoms with E-state index >= 15 is 0 Å². The number of likely N-dealkylation sites (N-methyl/N-ethyl adjacent to an activating group) is 1. The Kier molecular flexibility index (Phi) is 4.47. The van der Waals surface area contributed by atoms with Crippen molar-refractivity contribution in [1.29, 1.82) is 0 Å². The van der Waals surface area contributed by atoms with E-state index < -0.39 is 0 Å². The Morgan fingerprint density at radius 2 is 2.00 bits per heavy atom. The summed E-state index contributed by atoms with van der Waals surface area (Å²) in [6.07, 6.45) is 1.74. The summed E-state index contributed by atoms with van der Waals surface area (Å²) < 4.78 is 5.70. The lowest BCUT2D eigenvalue weighted by molar-refractivity contribution is 0.496. The zero-order valence-electron chi connectivity index (χ0n) is 10.9. The van der Waals surface area contributed by atoms with E-state index in [1.165, 1.54) is 5.56 Å². The van der Waals surface area contributed by atoms with Crippen molar-refractivity contribution in [1.82, 2.24) is 15.5 Å². The van der Waals surface area contributed by atoms with Gasteiger partial charge in [0.05, 0.1) is 0 Å². The maximum atomic E-state index is 5.70. The zero-order chi connectivity index (χ0) is 12.8. The molecule has 0 unspecified atom stereocenters. The van der Waals surface area contributed by atoms with Gasteiger partial charge in [-0.05, 0) is 24.6 Å². The van der Waals surface area contributed by atoms with Crippen molar-refractivity contribution in [2.45, 2.75) is 26.7 Å². The number of nitrogens with one attached hydrogen (secondary N) is 1. The second-order valence-corrected chi connectivity index (χ2v) is 4.12. The number of nitrogens with zero attached hydrogens (tertiary/aromatic N) is 2. The molecule has 1 heterocycles. The fraction of sp³-hybridized carbons (Fsp3) is 0.429. The Morgan fingerprint density at radius 1 is 1.17 bits per heavy atom. The van der Waals surface area contributed by atoms with Gasteiger partial charge in [0.1, 0.15) is 0 Å². The molecule has 0 fully saturated rings. The van der Waals surface area contributed by atoms with Gasteiger partial charge in [0.15, 0.2) is 0 Å². The maximum absolute atomic E-state index is 5.70. The van der Waals surface area contributed by atoms with E-state index in [1.807, 2.05) is 18.2 Å². The minimum atomic E-state index is 0.624. The van der Waals surface area contributed by atoms with Crippen LogP contribution in [0.1, 0.15) is 25.3 Å². The van der Waals surface area contributed by atoms with Crippen molar-refractivity contribution in [2.75, 3.05) is 13.1 Å². The Hall–Kier alpha value is -1.68. The first kappa shape index (κ1) is 12.8. The maximum Gasteiger partial charge on any atom is 0.248 e. The van der Waals surface area contributed by atoms with Crippen LogP contribution < -0.4 is 5.32 Å². The molecule has 1 aromatic carbocycles. The van der Waals surface area contributed by atoms with E-state index in [4.69, 9.17) is 4.42 Å². The predicted octanol–water partition coefficient (Wildman–Crippen LogP) is 2.45. The van der Waals surface area contributed by atoms with Crippen LogP contribution in [0.25, 0.3) is 11.5 Å². The molecule has 18 heavy (non-hydrogen) atoms. The molecule has 0 amide bonds. The van der Waals surface area contributed by atoms with Gasteiger partial charge in [-0.2, -0.15) is 0 Å². The Morgan fingerprint density at radius 3 is 2.78 bits per heavy atom. The zero-order valence-corrected chi connectivity index (χ0v) is 10.9. The van der Waals surface area contributed by atoms with Crippen LogP contribution in [-0.2, 0) is 12.8 Å². The first-order valence-corrected chi connectivity index (χ1v) is 6.46. The first-order chi connectivity index (χ1) is 8.85. The lowest BCUT2D eigenvalue weighted by Crippen LogP contribution is -2.16. The molecule has 0 radical (unpaired) electrons. The van der Waals surface area contributed by atoms with Crippen LogP contribution in [0.5, 0.6) is 0 Å². The van der Waals surface area contributed by atoms with Crippen molar-refractivity contribution in [3.63, 3.8) is 0 Å². The molecular weight excluding hydrogens is 226 g/mol. The van der Waals surface area contributed by atoms with Gasteiger partial charge in [0, 0.05) is 18.5 Å². The molecule has 0 aliphatic heterocycles. The van der Waals surface area contributed by atoms with Crippen LogP contribution in [0.3, 0.4) is 0 Å². The Labute approximate surface area is 107 Å². The summed E-state index contributed by atoms with van der Waals surface area (Å²) in [5.74, 6) is 1.32. The third kappa shape index (κ3) is 2.96. The third-order valence-electron chi connectivity index (χ3n) is 2.86. The largest absolute Gasteiger partial charge is 0.421 e. The van der Waals surface area contributed by atoms with Gasteiger partial charge in [-0.25, -0.2) is 0 Å². The van der Waals surface area contributed by atoms with Gasteiger partial charge in [0.25, 0.3) is 0 Å².